The number of hydrogen-bond donors (Lipinski definition) is 0. The van der Waals surface area contributed by atoms with E-state index in [-0.39, 0.29) is 11.9 Å². The summed E-state index contributed by atoms with van der Waals surface area (Å²) < 4.78 is 7.96. The van der Waals surface area contributed by atoms with Crippen LogP contribution in [-0.4, -0.2) is 52.1 Å². The Kier molecular flexibility index (Phi) is 6.00. The highest BCUT2D eigenvalue weighted by Crippen LogP contribution is 2.27. The van der Waals surface area contributed by atoms with E-state index in [0.717, 1.165) is 50.2 Å². The van der Waals surface area contributed by atoms with Crippen molar-refractivity contribution in [2.75, 3.05) is 30.3 Å². The number of carbonyl (C=O) groups excluding carboxylic acids is 1. The maximum Gasteiger partial charge on any atom is 0.228 e. The molecular formula is C19H23ClN4O2S. The van der Waals surface area contributed by atoms with Crippen molar-refractivity contribution < 1.29 is 9.53 Å². The Labute approximate surface area is 168 Å². The molecule has 0 aliphatic carbocycles. The minimum absolute atomic E-state index is 0.0612. The van der Waals surface area contributed by atoms with Crippen LogP contribution >= 0.6 is 23.4 Å². The van der Waals surface area contributed by atoms with Gasteiger partial charge in [-0.15, -0.1) is 10.2 Å². The highest BCUT2D eigenvalue weighted by atomic mass is 35.5. The van der Waals surface area contributed by atoms with Crippen LogP contribution in [0.3, 0.4) is 0 Å². The molecule has 4 rings (SSSR count). The lowest BCUT2D eigenvalue weighted by molar-refractivity contribution is 0.0952. The minimum atomic E-state index is 0.0612. The van der Waals surface area contributed by atoms with Gasteiger partial charge in [-0.05, 0) is 49.9 Å². The first-order valence-corrected chi connectivity index (χ1v) is 10.8. The first-order chi connectivity index (χ1) is 13.2. The van der Waals surface area contributed by atoms with Crippen LogP contribution < -0.4 is 4.90 Å². The van der Waals surface area contributed by atoms with E-state index in [1.807, 2.05) is 0 Å². The van der Waals surface area contributed by atoms with Gasteiger partial charge in [0.05, 0.1) is 18.4 Å². The lowest BCUT2D eigenvalue weighted by Gasteiger charge is -2.20. The van der Waals surface area contributed by atoms with Crippen molar-refractivity contribution in [1.29, 1.82) is 0 Å². The standard InChI is InChI=1S/C19H23ClN4O2S/c20-15-7-5-14(6-8-15)17(25)13-27-19-22-21-18(23-9-1-2-10-23)24(19)12-16-4-3-11-26-16/h5-8,16H,1-4,9-13H2. The number of anilines is 1. The third kappa shape index (κ3) is 4.47. The highest BCUT2D eigenvalue weighted by Gasteiger charge is 2.25. The van der Waals surface area contributed by atoms with Crippen LogP contribution in [0.1, 0.15) is 36.0 Å². The second-order valence-corrected chi connectivity index (χ2v) is 8.32. The molecule has 2 fully saturated rings. The molecule has 2 saturated heterocycles. The molecule has 1 atom stereocenters. The molecular weight excluding hydrogens is 384 g/mol. The average molecular weight is 407 g/mol. The zero-order valence-corrected chi connectivity index (χ0v) is 16.7. The molecule has 0 radical (unpaired) electrons. The van der Waals surface area contributed by atoms with Gasteiger partial charge in [-0.1, -0.05) is 23.4 Å². The normalized spacial score (nSPS) is 19.7. The van der Waals surface area contributed by atoms with Crippen molar-refractivity contribution in [2.45, 2.75) is 43.5 Å². The van der Waals surface area contributed by atoms with Crippen LogP contribution in [0.15, 0.2) is 29.4 Å². The molecule has 0 saturated carbocycles. The van der Waals surface area contributed by atoms with Gasteiger partial charge < -0.3 is 9.64 Å². The first-order valence-electron chi connectivity index (χ1n) is 9.42. The van der Waals surface area contributed by atoms with E-state index in [0.29, 0.717) is 16.3 Å². The molecule has 2 aliphatic heterocycles. The number of nitrogens with zero attached hydrogens (tertiary/aromatic N) is 4. The van der Waals surface area contributed by atoms with E-state index in [9.17, 15) is 4.79 Å². The number of carbonyl (C=O) groups is 1. The summed E-state index contributed by atoms with van der Waals surface area (Å²) in [4.78, 5) is 14.8. The molecule has 3 heterocycles. The molecule has 0 bridgehead atoms. The molecule has 0 spiro atoms. The number of ketones is 1. The Morgan fingerprint density at radius 2 is 1.96 bits per heavy atom. The topological polar surface area (TPSA) is 60.2 Å². The smallest absolute Gasteiger partial charge is 0.228 e. The fraction of sp³-hybridized carbons (Fsp3) is 0.526. The van der Waals surface area contributed by atoms with Gasteiger partial charge in [0.15, 0.2) is 10.9 Å². The molecule has 2 aliphatic rings. The molecule has 6 nitrogen and oxygen atoms in total. The molecule has 2 aromatic rings. The van der Waals surface area contributed by atoms with Gasteiger partial charge in [0, 0.05) is 30.3 Å². The summed E-state index contributed by atoms with van der Waals surface area (Å²) in [5.41, 5.74) is 0.664. The Hall–Kier alpha value is -1.57. The van der Waals surface area contributed by atoms with Crippen molar-refractivity contribution in [3.05, 3.63) is 34.9 Å². The maximum atomic E-state index is 12.5. The van der Waals surface area contributed by atoms with Gasteiger partial charge in [-0.25, -0.2) is 0 Å². The number of hydrogen-bond acceptors (Lipinski definition) is 6. The number of aromatic nitrogens is 3. The van der Waals surface area contributed by atoms with Gasteiger partial charge in [0.1, 0.15) is 0 Å². The van der Waals surface area contributed by atoms with Crippen LogP contribution in [0.4, 0.5) is 5.95 Å². The highest BCUT2D eigenvalue weighted by molar-refractivity contribution is 7.99. The quantitative estimate of drug-likeness (QED) is 0.516. The molecule has 1 unspecified atom stereocenters. The lowest BCUT2D eigenvalue weighted by atomic mass is 10.1. The van der Waals surface area contributed by atoms with Crippen molar-refractivity contribution in [1.82, 2.24) is 14.8 Å². The Morgan fingerprint density at radius 3 is 2.67 bits per heavy atom. The van der Waals surface area contributed by atoms with Gasteiger partial charge in [0.25, 0.3) is 0 Å². The fourth-order valence-electron chi connectivity index (χ4n) is 3.54. The first kappa shape index (κ1) is 18.8. The largest absolute Gasteiger partial charge is 0.376 e. The second kappa shape index (κ2) is 8.63. The summed E-state index contributed by atoms with van der Waals surface area (Å²) in [5, 5.41) is 10.2. The number of Topliss-reactive ketones (excluding diaryl/α,β-unsaturated/α-hetero) is 1. The Balaban J connectivity index is 1.48. The van der Waals surface area contributed by atoms with E-state index in [2.05, 4.69) is 19.7 Å². The number of benzene rings is 1. The molecule has 0 N–H and O–H groups in total. The van der Waals surface area contributed by atoms with Gasteiger partial charge >= 0.3 is 0 Å². The van der Waals surface area contributed by atoms with E-state index >= 15 is 0 Å². The monoisotopic (exact) mass is 406 g/mol. The summed E-state index contributed by atoms with van der Waals surface area (Å²) in [5.74, 6) is 1.29. The third-order valence-electron chi connectivity index (χ3n) is 4.99. The zero-order valence-electron chi connectivity index (χ0n) is 15.1. The second-order valence-electron chi connectivity index (χ2n) is 6.94. The number of rotatable bonds is 7. The summed E-state index contributed by atoms with van der Waals surface area (Å²) in [7, 11) is 0. The van der Waals surface area contributed by atoms with Crippen molar-refractivity contribution in [3.63, 3.8) is 0 Å². The lowest BCUT2D eigenvalue weighted by Crippen LogP contribution is -2.25. The molecule has 1 aromatic heterocycles. The van der Waals surface area contributed by atoms with E-state index in [4.69, 9.17) is 16.3 Å². The number of thioether (sulfide) groups is 1. The van der Waals surface area contributed by atoms with Gasteiger partial charge in [-0.3, -0.25) is 9.36 Å². The molecule has 144 valence electrons. The van der Waals surface area contributed by atoms with Crippen LogP contribution in [0, 0.1) is 0 Å². The maximum absolute atomic E-state index is 12.5. The predicted octanol–water partition coefficient (Wildman–Crippen LogP) is 3.69. The van der Waals surface area contributed by atoms with Crippen molar-refractivity contribution in [2.24, 2.45) is 0 Å². The summed E-state index contributed by atoms with van der Waals surface area (Å²) in [6.07, 6.45) is 4.73. The SMILES string of the molecule is O=C(CSc1nnc(N2CCCC2)n1CC1CCCO1)c1ccc(Cl)cc1. The number of halogens is 1. The van der Waals surface area contributed by atoms with Crippen LogP contribution in [-0.2, 0) is 11.3 Å². The molecule has 8 heteroatoms. The van der Waals surface area contributed by atoms with Gasteiger partial charge in [0.2, 0.25) is 5.95 Å². The fourth-order valence-corrected chi connectivity index (χ4v) is 4.50. The predicted molar refractivity (Wildman–Crippen MR) is 107 cm³/mol. The average Bonchev–Trinajstić information content (AvgIpc) is 3.43. The van der Waals surface area contributed by atoms with Crippen LogP contribution in [0.5, 0.6) is 0 Å². The van der Waals surface area contributed by atoms with Crippen molar-refractivity contribution in [3.8, 4) is 0 Å². The Morgan fingerprint density at radius 1 is 1.19 bits per heavy atom. The molecule has 27 heavy (non-hydrogen) atoms. The third-order valence-corrected chi connectivity index (χ3v) is 6.21. The zero-order chi connectivity index (χ0) is 18.6. The minimum Gasteiger partial charge on any atom is -0.376 e. The van der Waals surface area contributed by atoms with E-state index in [1.165, 1.54) is 24.6 Å². The van der Waals surface area contributed by atoms with Crippen LogP contribution in [0.25, 0.3) is 0 Å². The number of ether oxygens (including phenoxy) is 1. The summed E-state index contributed by atoms with van der Waals surface area (Å²) in [6.45, 7) is 3.59. The molecule has 1 aromatic carbocycles. The van der Waals surface area contributed by atoms with Crippen molar-refractivity contribution >= 4 is 35.1 Å². The Bertz CT molecular complexity index is 784. The summed E-state index contributed by atoms with van der Waals surface area (Å²) >= 11 is 7.34. The van der Waals surface area contributed by atoms with E-state index < -0.39 is 0 Å². The van der Waals surface area contributed by atoms with E-state index in [1.54, 1.807) is 24.3 Å². The molecule has 0 amide bonds. The summed E-state index contributed by atoms with van der Waals surface area (Å²) in [6, 6.07) is 7.01. The van der Waals surface area contributed by atoms with Crippen LogP contribution in [0.2, 0.25) is 5.02 Å². The van der Waals surface area contributed by atoms with Gasteiger partial charge in [-0.2, -0.15) is 0 Å².